The van der Waals surface area contributed by atoms with Gasteiger partial charge in [-0.2, -0.15) is 0 Å². The lowest BCUT2D eigenvalue weighted by Gasteiger charge is -2.32. The van der Waals surface area contributed by atoms with Crippen LogP contribution in [0, 0.1) is 0 Å². The van der Waals surface area contributed by atoms with Crippen molar-refractivity contribution in [3.05, 3.63) is 35.9 Å². The first-order valence-electron chi connectivity index (χ1n) is 5.71. The van der Waals surface area contributed by atoms with E-state index < -0.39 is 12.9 Å². The molecule has 0 saturated carbocycles. The minimum Gasteiger partial charge on any atom is -0.312 e. The van der Waals surface area contributed by atoms with Gasteiger partial charge in [0, 0.05) is 0 Å². The largest absolute Gasteiger partial charge is 0.354 e. The zero-order valence-electron chi connectivity index (χ0n) is 10.6. The van der Waals surface area contributed by atoms with Gasteiger partial charge in [-0.25, -0.2) is 0 Å². The highest BCUT2D eigenvalue weighted by atomic mass is 31.2. The molecule has 0 aliphatic carbocycles. The summed E-state index contributed by atoms with van der Waals surface area (Å²) in [6.45, 7) is 5.82. The molecule has 5 heteroatoms. The molecule has 1 atom stereocenters. The Labute approximate surface area is 103 Å². The fourth-order valence-corrected chi connectivity index (χ4v) is 3.34. The van der Waals surface area contributed by atoms with Gasteiger partial charge >= 0.3 is 7.60 Å². The van der Waals surface area contributed by atoms with Gasteiger partial charge in [-0.05, 0) is 26.3 Å². The molecule has 0 amide bonds. The Bertz CT molecular complexity index is 382. The Balaban J connectivity index is 3.13. The highest BCUT2D eigenvalue weighted by Gasteiger charge is 2.45. The molecule has 1 aromatic carbocycles. The summed E-state index contributed by atoms with van der Waals surface area (Å²) in [7, 11) is -3.37. The zero-order chi connectivity index (χ0) is 12.9. The van der Waals surface area contributed by atoms with Crippen LogP contribution in [0.1, 0.15) is 26.3 Å². The normalized spacial score (nSPS) is 15.5. The van der Waals surface area contributed by atoms with E-state index in [1.54, 1.807) is 20.8 Å². The van der Waals surface area contributed by atoms with Crippen LogP contribution in [-0.4, -0.2) is 13.2 Å². The SMILES string of the molecule is CCOP(=O)(OCC)C(C)(N)c1ccccc1. The molecule has 0 spiro atoms. The van der Waals surface area contributed by atoms with E-state index in [9.17, 15) is 4.57 Å². The summed E-state index contributed by atoms with van der Waals surface area (Å²) in [5.41, 5.74) is 6.92. The molecule has 0 aliphatic rings. The van der Waals surface area contributed by atoms with Crippen molar-refractivity contribution >= 4 is 7.60 Å². The van der Waals surface area contributed by atoms with Crippen LogP contribution in [0.4, 0.5) is 0 Å². The standard InChI is InChI=1S/C12H20NO3P/c1-4-15-17(14,16-5-2)12(3,13)11-9-7-6-8-10-11/h6-10H,4-5,13H2,1-3H3. The molecule has 4 nitrogen and oxygen atoms in total. The molecule has 1 aromatic rings. The fourth-order valence-electron chi connectivity index (χ4n) is 1.58. The van der Waals surface area contributed by atoms with Gasteiger partial charge in [0.05, 0.1) is 13.2 Å². The topological polar surface area (TPSA) is 61.5 Å². The summed E-state index contributed by atoms with van der Waals surface area (Å²) in [6, 6.07) is 9.23. The predicted molar refractivity (Wildman–Crippen MR) is 68.8 cm³/mol. The van der Waals surface area contributed by atoms with Gasteiger partial charge in [0.15, 0.2) is 0 Å². The highest BCUT2D eigenvalue weighted by Crippen LogP contribution is 2.61. The van der Waals surface area contributed by atoms with Gasteiger partial charge in [-0.1, -0.05) is 30.3 Å². The maximum absolute atomic E-state index is 12.7. The van der Waals surface area contributed by atoms with Crippen LogP contribution in [0.2, 0.25) is 0 Å². The van der Waals surface area contributed by atoms with Crippen molar-refractivity contribution in [3.63, 3.8) is 0 Å². The summed E-state index contributed by atoms with van der Waals surface area (Å²) in [5.74, 6) is 0. The summed E-state index contributed by atoms with van der Waals surface area (Å²) in [4.78, 5) is 0. The van der Waals surface area contributed by atoms with Crippen molar-refractivity contribution in [1.29, 1.82) is 0 Å². The van der Waals surface area contributed by atoms with Crippen molar-refractivity contribution in [2.45, 2.75) is 26.1 Å². The summed E-state index contributed by atoms with van der Waals surface area (Å²) in [6.07, 6.45) is 0. The molecular weight excluding hydrogens is 237 g/mol. The second-order valence-corrected chi connectivity index (χ2v) is 6.29. The maximum atomic E-state index is 12.7. The van der Waals surface area contributed by atoms with Crippen LogP contribution < -0.4 is 5.73 Å². The third-order valence-corrected chi connectivity index (χ3v) is 5.12. The van der Waals surface area contributed by atoms with Gasteiger partial charge in [0.1, 0.15) is 5.28 Å². The number of benzene rings is 1. The minimum atomic E-state index is -3.37. The van der Waals surface area contributed by atoms with Crippen molar-refractivity contribution in [2.24, 2.45) is 5.73 Å². The first kappa shape index (κ1) is 14.4. The molecule has 0 heterocycles. The first-order valence-corrected chi connectivity index (χ1v) is 7.25. The number of hydrogen-bond acceptors (Lipinski definition) is 4. The number of hydrogen-bond donors (Lipinski definition) is 1. The van der Waals surface area contributed by atoms with E-state index in [1.165, 1.54) is 0 Å². The Morgan fingerprint density at radius 1 is 1.18 bits per heavy atom. The summed E-state index contributed by atoms with van der Waals surface area (Å²) < 4.78 is 23.3. The molecule has 0 aromatic heterocycles. The van der Waals surface area contributed by atoms with Crippen LogP contribution in [0.5, 0.6) is 0 Å². The molecule has 0 radical (unpaired) electrons. The summed E-state index contributed by atoms with van der Waals surface area (Å²) in [5, 5.41) is -1.14. The van der Waals surface area contributed by atoms with E-state index in [0.29, 0.717) is 13.2 Å². The quantitative estimate of drug-likeness (QED) is 0.795. The van der Waals surface area contributed by atoms with E-state index in [-0.39, 0.29) is 0 Å². The first-order chi connectivity index (χ1) is 7.98. The zero-order valence-corrected chi connectivity index (χ0v) is 11.4. The van der Waals surface area contributed by atoms with Gasteiger partial charge in [0.2, 0.25) is 0 Å². The molecule has 96 valence electrons. The van der Waals surface area contributed by atoms with Crippen LogP contribution in [-0.2, 0) is 18.9 Å². The molecule has 17 heavy (non-hydrogen) atoms. The fraction of sp³-hybridized carbons (Fsp3) is 0.500. The molecule has 1 rings (SSSR count). The number of nitrogens with two attached hydrogens (primary N) is 1. The third kappa shape index (κ3) is 2.96. The highest BCUT2D eigenvalue weighted by molar-refractivity contribution is 7.55. The van der Waals surface area contributed by atoms with Crippen molar-refractivity contribution in [1.82, 2.24) is 0 Å². The molecule has 1 unspecified atom stereocenters. The van der Waals surface area contributed by atoms with E-state index in [0.717, 1.165) is 5.56 Å². The molecular formula is C12H20NO3P. The Morgan fingerprint density at radius 3 is 2.06 bits per heavy atom. The van der Waals surface area contributed by atoms with Crippen LogP contribution in [0.15, 0.2) is 30.3 Å². The second kappa shape index (κ2) is 5.78. The average molecular weight is 257 g/mol. The molecule has 0 bridgehead atoms. The lowest BCUT2D eigenvalue weighted by Crippen LogP contribution is -2.34. The number of rotatable bonds is 6. The van der Waals surface area contributed by atoms with Crippen molar-refractivity contribution in [3.8, 4) is 0 Å². The average Bonchev–Trinajstić information content (AvgIpc) is 2.30. The molecule has 0 saturated heterocycles. The molecule has 0 fully saturated rings. The predicted octanol–water partition coefficient (Wildman–Crippen LogP) is 3.08. The van der Waals surface area contributed by atoms with Gasteiger partial charge in [-0.15, -0.1) is 0 Å². The maximum Gasteiger partial charge on any atom is 0.354 e. The molecule has 0 aliphatic heterocycles. The lowest BCUT2D eigenvalue weighted by molar-refractivity contribution is 0.199. The lowest BCUT2D eigenvalue weighted by atomic mass is 10.1. The van der Waals surface area contributed by atoms with E-state index in [4.69, 9.17) is 14.8 Å². The van der Waals surface area contributed by atoms with E-state index in [2.05, 4.69) is 0 Å². The second-order valence-electron chi connectivity index (χ2n) is 3.85. The summed E-state index contributed by atoms with van der Waals surface area (Å²) >= 11 is 0. The Morgan fingerprint density at radius 2 is 1.65 bits per heavy atom. The van der Waals surface area contributed by atoms with Crippen molar-refractivity contribution in [2.75, 3.05) is 13.2 Å². The molecule has 2 N–H and O–H groups in total. The minimum absolute atomic E-state index is 0.302. The van der Waals surface area contributed by atoms with E-state index >= 15 is 0 Å². The van der Waals surface area contributed by atoms with Gasteiger partial charge in [-0.3, -0.25) is 4.57 Å². The Hall–Kier alpha value is -0.670. The van der Waals surface area contributed by atoms with Crippen molar-refractivity contribution < 1.29 is 13.6 Å². The monoisotopic (exact) mass is 257 g/mol. The van der Waals surface area contributed by atoms with Gasteiger partial charge in [0.25, 0.3) is 0 Å². The van der Waals surface area contributed by atoms with E-state index in [1.807, 2.05) is 30.3 Å². The smallest absolute Gasteiger partial charge is 0.312 e. The third-order valence-electron chi connectivity index (χ3n) is 2.53. The Kier molecular flexibility index (Phi) is 4.90. The van der Waals surface area contributed by atoms with Crippen LogP contribution >= 0.6 is 7.60 Å². The van der Waals surface area contributed by atoms with Gasteiger partial charge < -0.3 is 14.8 Å². The van der Waals surface area contributed by atoms with Crippen LogP contribution in [0.25, 0.3) is 0 Å². The van der Waals surface area contributed by atoms with Crippen LogP contribution in [0.3, 0.4) is 0 Å².